The van der Waals surface area contributed by atoms with Crippen molar-refractivity contribution in [3.05, 3.63) is 64.5 Å². The molecule has 1 aliphatic carbocycles. The van der Waals surface area contributed by atoms with Gasteiger partial charge in [0, 0.05) is 18.8 Å². The molecule has 7 heteroatoms. The molecule has 0 aromatic carbocycles. The minimum Gasteiger partial charge on any atom is -0.349 e. The molecule has 1 aliphatic rings. The van der Waals surface area contributed by atoms with Gasteiger partial charge in [-0.1, -0.05) is 31.4 Å². The summed E-state index contributed by atoms with van der Waals surface area (Å²) in [5.41, 5.74) is 0.847. The Balaban J connectivity index is 1.90. The van der Waals surface area contributed by atoms with Gasteiger partial charge >= 0.3 is 0 Å². The fraction of sp³-hybridized carbons (Fsp3) is 0.333. The van der Waals surface area contributed by atoms with Crippen molar-refractivity contribution in [2.24, 2.45) is 0 Å². The third-order valence-corrected chi connectivity index (χ3v) is 5.31. The predicted octanol–water partition coefficient (Wildman–Crippen LogP) is 2.38. The van der Waals surface area contributed by atoms with Crippen LogP contribution in [0.3, 0.4) is 0 Å². The average Bonchev–Trinajstić information content (AvgIpc) is 2.71. The average molecular weight is 377 g/mol. The number of hydrogen-bond donors (Lipinski definition) is 2. The van der Waals surface area contributed by atoms with E-state index < -0.39 is 0 Å². The third-order valence-electron chi connectivity index (χ3n) is 5.31. The summed E-state index contributed by atoms with van der Waals surface area (Å²) in [6, 6.07) is 6.94. The lowest BCUT2D eigenvalue weighted by molar-refractivity contribution is 0.0925. The van der Waals surface area contributed by atoms with Gasteiger partial charge in [0.1, 0.15) is 16.8 Å². The summed E-state index contributed by atoms with van der Waals surface area (Å²) in [7, 11) is 0. The number of nitrogens with zero attached hydrogens (tertiary/aromatic N) is 3. The molecule has 0 spiro atoms. The Bertz CT molecular complexity index is 1190. The van der Waals surface area contributed by atoms with Crippen LogP contribution in [0.4, 0.5) is 0 Å². The molecule has 28 heavy (non-hydrogen) atoms. The van der Waals surface area contributed by atoms with Crippen LogP contribution in [0.15, 0.2) is 47.9 Å². The van der Waals surface area contributed by atoms with E-state index in [1.807, 2.05) is 0 Å². The zero-order valence-electron chi connectivity index (χ0n) is 15.6. The SMILES string of the molecule is C=CCn1c(=N)c(C(=O)NC2CCCCC2)cc2c(=O)n3ccccc3nc21. The molecule has 1 saturated carbocycles. The molecule has 1 fully saturated rings. The van der Waals surface area contributed by atoms with Crippen LogP contribution in [0, 0.1) is 5.41 Å². The van der Waals surface area contributed by atoms with E-state index >= 15 is 0 Å². The minimum atomic E-state index is -0.311. The fourth-order valence-corrected chi connectivity index (χ4v) is 3.88. The Morgan fingerprint density at radius 2 is 2.11 bits per heavy atom. The van der Waals surface area contributed by atoms with E-state index in [1.54, 1.807) is 35.0 Å². The normalized spacial score (nSPS) is 15.0. The first-order valence-corrected chi connectivity index (χ1v) is 9.61. The molecule has 0 bridgehead atoms. The van der Waals surface area contributed by atoms with E-state index in [9.17, 15) is 9.59 Å². The van der Waals surface area contributed by atoms with Gasteiger partial charge in [-0.15, -0.1) is 6.58 Å². The van der Waals surface area contributed by atoms with Crippen molar-refractivity contribution in [1.29, 1.82) is 5.41 Å². The highest BCUT2D eigenvalue weighted by molar-refractivity contribution is 5.97. The topological polar surface area (TPSA) is 92.2 Å². The number of pyridine rings is 2. The molecule has 0 aliphatic heterocycles. The van der Waals surface area contributed by atoms with Gasteiger partial charge in [0.2, 0.25) is 0 Å². The van der Waals surface area contributed by atoms with Crippen LogP contribution in [0.1, 0.15) is 42.5 Å². The highest BCUT2D eigenvalue weighted by atomic mass is 16.2. The third kappa shape index (κ3) is 3.13. The van der Waals surface area contributed by atoms with Gasteiger partial charge in [-0.2, -0.15) is 0 Å². The van der Waals surface area contributed by atoms with Crippen LogP contribution >= 0.6 is 0 Å². The molecule has 3 aromatic rings. The maximum absolute atomic E-state index is 13.0. The van der Waals surface area contributed by atoms with Crippen LogP contribution in [-0.4, -0.2) is 25.9 Å². The lowest BCUT2D eigenvalue weighted by Crippen LogP contribution is -2.40. The molecule has 0 unspecified atom stereocenters. The standard InChI is InChI=1S/C21H23N5O2/c1-2-11-26-18(22)15(20(27)23-14-8-4-3-5-9-14)13-16-19(26)24-17-10-6-7-12-25(17)21(16)28/h2,6-7,10,12-14,22H,1,3-5,8-9,11H2,(H,23,27). The molecule has 0 saturated heterocycles. The van der Waals surface area contributed by atoms with Crippen LogP contribution in [0.5, 0.6) is 0 Å². The lowest BCUT2D eigenvalue weighted by atomic mass is 9.95. The quantitative estimate of drug-likeness (QED) is 0.540. The maximum Gasteiger partial charge on any atom is 0.267 e. The summed E-state index contributed by atoms with van der Waals surface area (Å²) in [5.74, 6) is -0.311. The first-order chi connectivity index (χ1) is 13.6. The number of carbonyl (C=O) groups excluding carboxylic acids is 1. The number of rotatable bonds is 4. The summed E-state index contributed by atoms with van der Waals surface area (Å²) >= 11 is 0. The second kappa shape index (κ2) is 7.42. The molecule has 0 radical (unpaired) electrons. The van der Waals surface area contributed by atoms with Crippen molar-refractivity contribution >= 4 is 22.6 Å². The van der Waals surface area contributed by atoms with E-state index in [0.29, 0.717) is 16.7 Å². The predicted molar refractivity (Wildman–Crippen MR) is 107 cm³/mol. The van der Waals surface area contributed by atoms with E-state index in [0.717, 1.165) is 25.7 Å². The molecule has 144 valence electrons. The van der Waals surface area contributed by atoms with E-state index in [2.05, 4.69) is 16.9 Å². The number of carbonyl (C=O) groups is 1. The molecular weight excluding hydrogens is 354 g/mol. The monoisotopic (exact) mass is 377 g/mol. The van der Waals surface area contributed by atoms with Gasteiger partial charge in [0.05, 0.1) is 10.9 Å². The van der Waals surface area contributed by atoms with Crippen molar-refractivity contribution in [1.82, 2.24) is 19.3 Å². The smallest absolute Gasteiger partial charge is 0.267 e. The molecule has 1 amide bonds. The summed E-state index contributed by atoms with van der Waals surface area (Å²) in [6.07, 6.45) is 8.59. The van der Waals surface area contributed by atoms with Crippen molar-refractivity contribution in [3.8, 4) is 0 Å². The first kappa shape index (κ1) is 18.2. The molecule has 0 atom stereocenters. The molecule has 3 heterocycles. The second-order valence-corrected chi connectivity index (χ2v) is 7.20. The highest BCUT2D eigenvalue weighted by Gasteiger charge is 2.20. The second-order valence-electron chi connectivity index (χ2n) is 7.20. The lowest BCUT2D eigenvalue weighted by Gasteiger charge is -2.23. The van der Waals surface area contributed by atoms with E-state index in [-0.39, 0.29) is 35.1 Å². The molecule has 7 nitrogen and oxygen atoms in total. The summed E-state index contributed by atoms with van der Waals surface area (Å²) in [6.45, 7) is 4.03. The zero-order chi connectivity index (χ0) is 19.7. The number of fused-ring (bicyclic) bond motifs is 2. The number of hydrogen-bond acceptors (Lipinski definition) is 4. The Morgan fingerprint density at radius 1 is 1.32 bits per heavy atom. The van der Waals surface area contributed by atoms with Crippen LogP contribution in [-0.2, 0) is 6.54 Å². The van der Waals surface area contributed by atoms with Crippen molar-refractivity contribution < 1.29 is 4.79 Å². The number of amides is 1. The Kier molecular flexibility index (Phi) is 4.81. The highest BCUT2D eigenvalue weighted by Crippen LogP contribution is 2.18. The number of nitrogens with one attached hydrogen (secondary N) is 2. The van der Waals surface area contributed by atoms with Gasteiger partial charge in [0.25, 0.3) is 11.5 Å². The van der Waals surface area contributed by atoms with Gasteiger partial charge in [-0.3, -0.25) is 19.4 Å². The van der Waals surface area contributed by atoms with E-state index in [1.165, 1.54) is 16.9 Å². The molecule has 3 aromatic heterocycles. The van der Waals surface area contributed by atoms with Crippen LogP contribution < -0.4 is 16.4 Å². The maximum atomic E-state index is 13.0. The number of allylic oxidation sites excluding steroid dienone is 1. The minimum absolute atomic E-state index is 0.0351. The van der Waals surface area contributed by atoms with Crippen molar-refractivity contribution in [2.75, 3.05) is 0 Å². The summed E-state index contributed by atoms with van der Waals surface area (Å²) in [4.78, 5) is 30.5. The van der Waals surface area contributed by atoms with Crippen molar-refractivity contribution in [3.63, 3.8) is 0 Å². The van der Waals surface area contributed by atoms with Crippen molar-refractivity contribution in [2.45, 2.75) is 44.7 Å². The molecular formula is C21H23N5O2. The fourth-order valence-electron chi connectivity index (χ4n) is 3.88. The largest absolute Gasteiger partial charge is 0.349 e. The van der Waals surface area contributed by atoms with Crippen LogP contribution in [0.2, 0.25) is 0 Å². The first-order valence-electron chi connectivity index (χ1n) is 9.61. The summed E-state index contributed by atoms with van der Waals surface area (Å²) in [5, 5.41) is 11.9. The van der Waals surface area contributed by atoms with Gasteiger partial charge in [-0.25, -0.2) is 4.98 Å². The zero-order valence-corrected chi connectivity index (χ0v) is 15.6. The van der Waals surface area contributed by atoms with Gasteiger partial charge in [-0.05, 0) is 31.0 Å². The Hall–Kier alpha value is -3.22. The molecule has 4 rings (SSSR count). The van der Waals surface area contributed by atoms with Gasteiger partial charge in [0.15, 0.2) is 0 Å². The Morgan fingerprint density at radius 3 is 2.86 bits per heavy atom. The van der Waals surface area contributed by atoms with E-state index in [4.69, 9.17) is 5.41 Å². The van der Waals surface area contributed by atoms with Gasteiger partial charge < -0.3 is 9.88 Å². The Labute approximate surface area is 161 Å². The van der Waals surface area contributed by atoms with Crippen LogP contribution in [0.25, 0.3) is 16.7 Å². The molecule has 2 N–H and O–H groups in total. The number of aromatic nitrogens is 3. The summed E-state index contributed by atoms with van der Waals surface area (Å²) < 4.78 is 3.01.